The van der Waals surface area contributed by atoms with Crippen LogP contribution in [0.15, 0.2) is 23.1 Å². The number of amides is 1. The Kier molecular flexibility index (Phi) is 8.88. The van der Waals surface area contributed by atoms with Gasteiger partial charge in [0.1, 0.15) is 10.6 Å². The molecule has 0 spiro atoms. The van der Waals surface area contributed by atoms with E-state index in [1.165, 1.54) is 19.2 Å². The molecule has 1 aromatic carbocycles. The molecule has 1 fully saturated rings. The number of sulfonamides is 1. The zero-order valence-corrected chi connectivity index (χ0v) is 18.7. The molecule has 1 aliphatic heterocycles. The molecular formula is C20H34N4O4S. The van der Waals surface area contributed by atoms with Crippen LogP contribution in [0.2, 0.25) is 0 Å². The molecule has 164 valence electrons. The third-order valence-corrected chi connectivity index (χ3v) is 6.63. The number of methoxy groups -OCH3 is 1. The molecular weight excluding hydrogens is 392 g/mol. The van der Waals surface area contributed by atoms with Crippen molar-refractivity contribution in [2.24, 2.45) is 0 Å². The lowest BCUT2D eigenvalue weighted by molar-refractivity contribution is 0.0948. The van der Waals surface area contributed by atoms with Crippen molar-refractivity contribution in [1.29, 1.82) is 0 Å². The van der Waals surface area contributed by atoms with Gasteiger partial charge in [-0.25, -0.2) is 13.1 Å². The first-order chi connectivity index (χ1) is 13.8. The van der Waals surface area contributed by atoms with E-state index in [9.17, 15) is 13.2 Å². The molecule has 9 heteroatoms. The standard InChI is InChI=1S/C20H34N4O4S/c1-5-23-11-13-24(14-12-23)10-6-9-21-20(25)17-7-8-18(28-4)19(15-17)29(26,27)22-16(2)3/h7-8,15-16,22H,5-6,9-14H2,1-4H3,(H,21,25). The lowest BCUT2D eigenvalue weighted by Gasteiger charge is -2.33. The molecule has 0 atom stereocenters. The normalized spacial score (nSPS) is 16.2. The van der Waals surface area contributed by atoms with Gasteiger partial charge in [0.25, 0.3) is 5.91 Å². The van der Waals surface area contributed by atoms with Crippen LogP contribution in [0.5, 0.6) is 5.75 Å². The van der Waals surface area contributed by atoms with Gasteiger partial charge in [0.2, 0.25) is 10.0 Å². The third kappa shape index (κ3) is 6.95. The predicted molar refractivity (Wildman–Crippen MR) is 114 cm³/mol. The quantitative estimate of drug-likeness (QED) is 0.545. The van der Waals surface area contributed by atoms with Gasteiger partial charge in [-0.3, -0.25) is 4.79 Å². The van der Waals surface area contributed by atoms with Gasteiger partial charge in [-0.05, 0) is 51.6 Å². The molecule has 0 aromatic heterocycles. The number of ether oxygens (including phenoxy) is 1. The average molecular weight is 427 g/mol. The molecule has 1 heterocycles. The molecule has 1 amide bonds. The summed E-state index contributed by atoms with van der Waals surface area (Å²) in [4.78, 5) is 17.3. The van der Waals surface area contributed by atoms with Crippen LogP contribution in [0.25, 0.3) is 0 Å². The fraction of sp³-hybridized carbons (Fsp3) is 0.650. The van der Waals surface area contributed by atoms with Gasteiger partial charge >= 0.3 is 0 Å². The second kappa shape index (κ2) is 10.9. The van der Waals surface area contributed by atoms with Crippen LogP contribution in [0, 0.1) is 0 Å². The Bertz CT molecular complexity index is 775. The lowest BCUT2D eigenvalue weighted by Crippen LogP contribution is -2.46. The molecule has 0 radical (unpaired) electrons. The summed E-state index contributed by atoms with van der Waals surface area (Å²) in [7, 11) is -2.36. The van der Waals surface area contributed by atoms with Gasteiger partial charge in [-0.15, -0.1) is 0 Å². The van der Waals surface area contributed by atoms with E-state index in [1.54, 1.807) is 19.9 Å². The van der Waals surface area contributed by atoms with Gasteiger partial charge in [-0.2, -0.15) is 0 Å². The van der Waals surface area contributed by atoms with Crippen molar-refractivity contribution in [3.05, 3.63) is 23.8 Å². The number of carbonyl (C=O) groups excluding carboxylic acids is 1. The molecule has 0 bridgehead atoms. The Hall–Kier alpha value is -1.68. The Morgan fingerprint density at radius 2 is 1.83 bits per heavy atom. The Morgan fingerprint density at radius 1 is 1.17 bits per heavy atom. The number of hydrogen-bond donors (Lipinski definition) is 2. The van der Waals surface area contributed by atoms with Crippen molar-refractivity contribution < 1.29 is 17.9 Å². The van der Waals surface area contributed by atoms with Crippen molar-refractivity contribution in [3.63, 3.8) is 0 Å². The molecule has 29 heavy (non-hydrogen) atoms. The molecule has 0 saturated carbocycles. The Balaban J connectivity index is 1.91. The fourth-order valence-corrected chi connectivity index (χ4v) is 4.78. The smallest absolute Gasteiger partial charge is 0.251 e. The van der Waals surface area contributed by atoms with E-state index in [2.05, 4.69) is 26.8 Å². The van der Waals surface area contributed by atoms with Crippen LogP contribution in [0.1, 0.15) is 37.6 Å². The summed E-state index contributed by atoms with van der Waals surface area (Å²) in [6.07, 6.45) is 0.855. The number of likely N-dealkylation sites (N-methyl/N-ethyl adjacent to an activating group) is 1. The van der Waals surface area contributed by atoms with E-state index >= 15 is 0 Å². The summed E-state index contributed by atoms with van der Waals surface area (Å²) in [6.45, 7) is 12.5. The van der Waals surface area contributed by atoms with Gasteiger partial charge in [0, 0.05) is 44.3 Å². The number of nitrogens with zero attached hydrogens (tertiary/aromatic N) is 2. The number of hydrogen-bond acceptors (Lipinski definition) is 6. The van der Waals surface area contributed by atoms with Gasteiger partial charge in [0.15, 0.2) is 0 Å². The van der Waals surface area contributed by atoms with E-state index < -0.39 is 10.0 Å². The van der Waals surface area contributed by atoms with Crippen molar-refractivity contribution in [2.45, 2.75) is 38.1 Å². The van der Waals surface area contributed by atoms with Gasteiger partial charge in [-0.1, -0.05) is 6.92 Å². The molecule has 0 aliphatic carbocycles. The summed E-state index contributed by atoms with van der Waals surface area (Å²) in [5, 5.41) is 2.88. The van der Waals surface area contributed by atoms with Gasteiger partial charge < -0.3 is 19.9 Å². The Labute approximate surface area is 174 Å². The maximum absolute atomic E-state index is 12.5. The summed E-state index contributed by atoms with van der Waals surface area (Å²) < 4.78 is 32.8. The summed E-state index contributed by atoms with van der Waals surface area (Å²) in [5.41, 5.74) is 0.298. The SMILES string of the molecule is CCN1CCN(CCCNC(=O)c2ccc(OC)c(S(=O)(=O)NC(C)C)c2)CC1. The van der Waals surface area contributed by atoms with Crippen molar-refractivity contribution >= 4 is 15.9 Å². The molecule has 1 aliphatic rings. The number of carbonyl (C=O) groups is 1. The first-order valence-corrected chi connectivity index (χ1v) is 11.7. The van der Waals surface area contributed by atoms with E-state index in [0.29, 0.717) is 12.1 Å². The third-order valence-electron chi connectivity index (χ3n) is 4.95. The minimum absolute atomic E-state index is 0.0323. The summed E-state index contributed by atoms with van der Waals surface area (Å²) >= 11 is 0. The van der Waals surface area contributed by atoms with E-state index in [1.807, 2.05) is 0 Å². The molecule has 1 aromatic rings. The topological polar surface area (TPSA) is 91.0 Å². The highest BCUT2D eigenvalue weighted by molar-refractivity contribution is 7.89. The van der Waals surface area contributed by atoms with Crippen LogP contribution in [0.3, 0.4) is 0 Å². The highest BCUT2D eigenvalue weighted by Crippen LogP contribution is 2.25. The first kappa shape index (κ1) is 23.6. The minimum atomic E-state index is -3.77. The first-order valence-electron chi connectivity index (χ1n) is 10.2. The summed E-state index contributed by atoms with van der Waals surface area (Å²) in [5.74, 6) is -0.0784. The summed E-state index contributed by atoms with van der Waals surface area (Å²) in [6, 6.07) is 4.19. The van der Waals surface area contributed by atoms with Crippen molar-refractivity contribution in [3.8, 4) is 5.75 Å². The largest absolute Gasteiger partial charge is 0.495 e. The fourth-order valence-electron chi connectivity index (χ4n) is 3.34. The maximum atomic E-state index is 12.5. The maximum Gasteiger partial charge on any atom is 0.251 e. The average Bonchev–Trinajstić information content (AvgIpc) is 2.70. The van der Waals surface area contributed by atoms with Crippen LogP contribution in [-0.4, -0.2) is 83.1 Å². The van der Waals surface area contributed by atoms with Crippen LogP contribution < -0.4 is 14.8 Å². The van der Waals surface area contributed by atoms with Crippen LogP contribution in [0.4, 0.5) is 0 Å². The van der Waals surface area contributed by atoms with E-state index in [4.69, 9.17) is 4.74 Å². The highest BCUT2D eigenvalue weighted by Gasteiger charge is 2.22. The predicted octanol–water partition coefficient (Wildman–Crippen LogP) is 1.14. The zero-order valence-electron chi connectivity index (χ0n) is 17.9. The Morgan fingerprint density at radius 3 is 2.41 bits per heavy atom. The second-order valence-corrected chi connectivity index (χ2v) is 9.21. The highest BCUT2D eigenvalue weighted by atomic mass is 32.2. The number of benzene rings is 1. The zero-order chi connectivity index (χ0) is 21.4. The van der Waals surface area contributed by atoms with Crippen LogP contribution in [-0.2, 0) is 10.0 Å². The number of rotatable bonds is 10. The number of piperazine rings is 1. The van der Waals surface area contributed by atoms with Crippen LogP contribution >= 0.6 is 0 Å². The van der Waals surface area contributed by atoms with Crippen molar-refractivity contribution in [1.82, 2.24) is 19.8 Å². The van der Waals surface area contributed by atoms with Gasteiger partial charge in [0.05, 0.1) is 7.11 Å². The molecule has 8 nitrogen and oxygen atoms in total. The van der Waals surface area contributed by atoms with E-state index in [0.717, 1.165) is 45.7 Å². The molecule has 2 rings (SSSR count). The molecule has 1 saturated heterocycles. The van der Waals surface area contributed by atoms with E-state index in [-0.39, 0.29) is 22.6 Å². The monoisotopic (exact) mass is 426 g/mol. The second-order valence-electron chi connectivity index (χ2n) is 7.53. The van der Waals surface area contributed by atoms with Crippen molar-refractivity contribution in [2.75, 3.05) is 52.9 Å². The molecule has 0 unspecified atom stereocenters. The number of nitrogens with one attached hydrogen (secondary N) is 2. The molecule has 2 N–H and O–H groups in total. The minimum Gasteiger partial charge on any atom is -0.495 e. The lowest BCUT2D eigenvalue weighted by atomic mass is 10.2.